The first-order valence-electron chi connectivity index (χ1n) is 6.47. The second-order valence-corrected chi connectivity index (χ2v) is 5.93. The van der Waals surface area contributed by atoms with Gasteiger partial charge in [-0.1, -0.05) is 23.9 Å². The van der Waals surface area contributed by atoms with Crippen molar-refractivity contribution >= 4 is 23.4 Å². The molecule has 22 heavy (non-hydrogen) atoms. The van der Waals surface area contributed by atoms with Crippen molar-refractivity contribution in [1.82, 2.24) is 15.4 Å². The Morgan fingerprint density at radius 3 is 2.77 bits per heavy atom. The van der Waals surface area contributed by atoms with Crippen LogP contribution in [0.15, 0.2) is 35.5 Å². The molecule has 0 aliphatic carbocycles. The molecular formula is C13H11F3N4OS. The smallest absolute Gasteiger partial charge is 0.311 e. The van der Waals surface area contributed by atoms with Crippen LogP contribution < -0.4 is 4.90 Å². The Kier molecular flexibility index (Phi) is 3.81. The number of aromatic amines is 1. The fraction of sp³-hybridized carbons (Fsp3) is 0.308. The van der Waals surface area contributed by atoms with Gasteiger partial charge in [0.05, 0.1) is 22.7 Å². The van der Waals surface area contributed by atoms with Crippen LogP contribution in [0.2, 0.25) is 0 Å². The van der Waals surface area contributed by atoms with Crippen molar-refractivity contribution in [1.29, 1.82) is 0 Å². The first-order valence-corrected chi connectivity index (χ1v) is 7.35. The first-order chi connectivity index (χ1) is 10.5. The Morgan fingerprint density at radius 1 is 1.32 bits per heavy atom. The number of anilines is 1. The number of thioether (sulfide) groups is 1. The van der Waals surface area contributed by atoms with E-state index in [0.717, 1.165) is 6.07 Å². The molecule has 1 fully saturated rings. The van der Waals surface area contributed by atoms with Gasteiger partial charge in [-0.2, -0.15) is 23.5 Å². The number of alkyl halides is 3. The number of para-hydroxylation sites is 1. The minimum absolute atomic E-state index is 0.0942. The van der Waals surface area contributed by atoms with Gasteiger partial charge in [-0.05, 0) is 18.6 Å². The quantitative estimate of drug-likeness (QED) is 0.941. The Balaban J connectivity index is 1.84. The molecule has 1 aromatic carbocycles. The van der Waals surface area contributed by atoms with Gasteiger partial charge in [0.15, 0.2) is 0 Å². The summed E-state index contributed by atoms with van der Waals surface area (Å²) in [6, 6.07) is 5.12. The lowest BCUT2D eigenvalue weighted by atomic mass is 10.1. The van der Waals surface area contributed by atoms with Gasteiger partial charge in [-0.25, -0.2) is 0 Å². The lowest BCUT2D eigenvalue weighted by Crippen LogP contribution is -2.30. The number of halogens is 3. The SMILES string of the molecule is O=C1[C@@H](Sc2cn[nH]n2)CCN1c1ccccc1C(F)(F)F. The van der Waals surface area contributed by atoms with Gasteiger partial charge in [0, 0.05) is 6.54 Å². The van der Waals surface area contributed by atoms with E-state index in [4.69, 9.17) is 0 Å². The molecule has 116 valence electrons. The Labute approximate surface area is 127 Å². The van der Waals surface area contributed by atoms with E-state index in [-0.39, 0.29) is 18.1 Å². The lowest BCUT2D eigenvalue weighted by Gasteiger charge is -2.21. The molecule has 9 heteroatoms. The van der Waals surface area contributed by atoms with Crippen LogP contribution in [0.1, 0.15) is 12.0 Å². The van der Waals surface area contributed by atoms with Gasteiger partial charge in [-0.15, -0.1) is 5.10 Å². The topological polar surface area (TPSA) is 61.9 Å². The van der Waals surface area contributed by atoms with Crippen LogP contribution in [0.25, 0.3) is 0 Å². The molecule has 0 bridgehead atoms. The first kappa shape index (κ1) is 14.9. The Bertz CT molecular complexity index is 674. The molecule has 0 radical (unpaired) electrons. The third-order valence-electron chi connectivity index (χ3n) is 3.31. The van der Waals surface area contributed by atoms with Crippen LogP contribution in [0.5, 0.6) is 0 Å². The van der Waals surface area contributed by atoms with Crippen LogP contribution in [0.3, 0.4) is 0 Å². The van der Waals surface area contributed by atoms with Crippen molar-refractivity contribution in [2.75, 3.05) is 11.4 Å². The lowest BCUT2D eigenvalue weighted by molar-refractivity contribution is -0.137. The van der Waals surface area contributed by atoms with E-state index in [2.05, 4.69) is 15.4 Å². The van der Waals surface area contributed by atoms with Crippen molar-refractivity contribution < 1.29 is 18.0 Å². The molecule has 1 atom stereocenters. The number of H-pyrrole nitrogens is 1. The second-order valence-electron chi connectivity index (χ2n) is 4.71. The maximum absolute atomic E-state index is 13.1. The summed E-state index contributed by atoms with van der Waals surface area (Å²) in [7, 11) is 0. The van der Waals surface area contributed by atoms with Gasteiger partial charge < -0.3 is 4.90 Å². The minimum atomic E-state index is -4.49. The van der Waals surface area contributed by atoms with Gasteiger partial charge in [0.25, 0.3) is 0 Å². The fourth-order valence-electron chi connectivity index (χ4n) is 2.34. The van der Waals surface area contributed by atoms with Crippen LogP contribution in [0, 0.1) is 0 Å². The highest BCUT2D eigenvalue weighted by atomic mass is 32.2. The number of benzene rings is 1. The normalized spacial score (nSPS) is 19.0. The summed E-state index contributed by atoms with van der Waals surface area (Å²) < 4.78 is 39.2. The van der Waals surface area contributed by atoms with Crippen molar-refractivity contribution in [3.63, 3.8) is 0 Å². The molecule has 1 aliphatic heterocycles. The highest BCUT2D eigenvalue weighted by Gasteiger charge is 2.40. The van der Waals surface area contributed by atoms with Gasteiger partial charge in [-0.3, -0.25) is 4.79 Å². The summed E-state index contributed by atoms with van der Waals surface area (Å²) >= 11 is 1.20. The zero-order valence-electron chi connectivity index (χ0n) is 11.2. The van der Waals surface area contributed by atoms with E-state index in [0.29, 0.717) is 11.4 Å². The van der Waals surface area contributed by atoms with E-state index >= 15 is 0 Å². The van der Waals surface area contributed by atoms with Gasteiger partial charge in [0.2, 0.25) is 5.91 Å². The highest BCUT2D eigenvalue weighted by molar-refractivity contribution is 8.00. The van der Waals surface area contributed by atoms with E-state index in [1.54, 1.807) is 0 Å². The number of nitrogens with zero attached hydrogens (tertiary/aromatic N) is 3. The summed E-state index contributed by atoms with van der Waals surface area (Å²) in [5.74, 6) is -0.343. The maximum atomic E-state index is 13.1. The standard InChI is InChI=1S/C13H11F3N4OS/c14-13(15,16)8-3-1-2-4-9(8)20-6-5-10(12(20)21)22-11-7-17-19-18-11/h1-4,7,10H,5-6H2,(H,17,18,19)/t10-/m0/s1. The van der Waals surface area contributed by atoms with Crippen LogP contribution in [-0.2, 0) is 11.0 Å². The van der Waals surface area contributed by atoms with E-state index < -0.39 is 17.0 Å². The summed E-state index contributed by atoms with van der Waals surface area (Å²) in [5, 5.41) is 10.0. The molecule has 3 rings (SSSR count). The monoisotopic (exact) mass is 328 g/mol. The summed E-state index contributed by atoms with van der Waals surface area (Å²) in [6.45, 7) is 0.251. The van der Waals surface area contributed by atoms with E-state index in [1.807, 2.05) is 0 Å². The number of nitrogens with one attached hydrogen (secondary N) is 1. The summed E-state index contributed by atoms with van der Waals surface area (Å²) in [4.78, 5) is 13.6. The molecule has 1 amide bonds. The Hall–Kier alpha value is -2.03. The maximum Gasteiger partial charge on any atom is 0.418 e. The molecule has 0 unspecified atom stereocenters. The molecule has 1 N–H and O–H groups in total. The number of hydrogen-bond acceptors (Lipinski definition) is 4. The van der Waals surface area contributed by atoms with Crippen molar-refractivity contribution in [3.8, 4) is 0 Å². The summed E-state index contributed by atoms with van der Waals surface area (Å²) in [6.07, 6.45) is -2.55. The molecule has 1 aliphatic rings. The van der Waals surface area contributed by atoms with Gasteiger partial charge >= 0.3 is 6.18 Å². The molecular weight excluding hydrogens is 317 g/mol. The third kappa shape index (κ3) is 2.80. The second kappa shape index (κ2) is 5.64. The molecule has 5 nitrogen and oxygen atoms in total. The predicted molar refractivity (Wildman–Crippen MR) is 74.4 cm³/mol. The number of aromatic nitrogens is 3. The Morgan fingerprint density at radius 2 is 2.09 bits per heavy atom. The van der Waals surface area contributed by atoms with Crippen molar-refractivity contribution in [2.24, 2.45) is 0 Å². The summed E-state index contributed by atoms with van der Waals surface area (Å²) in [5.41, 5.74) is -0.890. The van der Waals surface area contributed by atoms with Crippen molar-refractivity contribution in [2.45, 2.75) is 22.9 Å². The highest BCUT2D eigenvalue weighted by Crippen LogP contribution is 2.39. The molecule has 1 aromatic heterocycles. The zero-order valence-corrected chi connectivity index (χ0v) is 12.0. The zero-order chi connectivity index (χ0) is 15.7. The van der Waals surface area contributed by atoms with Crippen molar-refractivity contribution in [3.05, 3.63) is 36.0 Å². The molecule has 1 saturated heterocycles. The molecule has 2 aromatic rings. The van der Waals surface area contributed by atoms with E-state index in [9.17, 15) is 18.0 Å². The largest absolute Gasteiger partial charge is 0.418 e. The number of rotatable bonds is 3. The molecule has 2 heterocycles. The van der Waals surface area contributed by atoms with Crippen LogP contribution in [-0.4, -0.2) is 33.1 Å². The van der Waals surface area contributed by atoms with E-state index in [1.165, 1.54) is 41.1 Å². The number of hydrogen-bond donors (Lipinski definition) is 1. The van der Waals surface area contributed by atoms with Gasteiger partial charge in [0.1, 0.15) is 5.03 Å². The minimum Gasteiger partial charge on any atom is -0.311 e. The number of amides is 1. The van der Waals surface area contributed by atoms with Crippen LogP contribution in [0.4, 0.5) is 18.9 Å². The fourth-order valence-corrected chi connectivity index (χ4v) is 3.29. The molecule has 0 saturated carbocycles. The van der Waals surface area contributed by atoms with Crippen LogP contribution >= 0.6 is 11.8 Å². The average molecular weight is 328 g/mol. The number of carbonyl (C=O) groups is 1. The average Bonchev–Trinajstić information content (AvgIpc) is 3.10. The third-order valence-corrected chi connectivity index (χ3v) is 4.47. The molecule has 0 spiro atoms. The number of carbonyl (C=O) groups excluding carboxylic acids is 1. The predicted octanol–water partition coefficient (Wildman–Crippen LogP) is 2.72.